The Morgan fingerprint density at radius 3 is 2.71 bits per heavy atom. The molecular formula is C23H20ClN5O2. The van der Waals surface area contributed by atoms with E-state index in [-0.39, 0.29) is 17.5 Å². The lowest BCUT2D eigenvalue weighted by atomic mass is 10.1. The molecule has 2 aromatic heterocycles. The molecule has 1 unspecified atom stereocenters. The first-order valence-corrected chi connectivity index (χ1v) is 10.5. The van der Waals surface area contributed by atoms with Crippen LogP contribution in [0.3, 0.4) is 0 Å². The summed E-state index contributed by atoms with van der Waals surface area (Å²) in [6, 6.07) is 14.6. The lowest BCUT2D eigenvalue weighted by Crippen LogP contribution is -2.33. The highest BCUT2D eigenvalue weighted by atomic mass is 35.5. The maximum atomic E-state index is 12.7. The zero-order valence-corrected chi connectivity index (χ0v) is 17.6. The fraction of sp³-hybridized carbons (Fsp3) is 0.217. The van der Waals surface area contributed by atoms with Gasteiger partial charge in [0.2, 0.25) is 0 Å². The summed E-state index contributed by atoms with van der Waals surface area (Å²) >= 11 is 6.07. The van der Waals surface area contributed by atoms with Crippen LogP contribution < -0.4 is 5.56 Å². The van der Waals surface area contributed by atoms with Crippen LogP contribution in [0.4, 0.5) is 0 Å². The third-order valence-electron chi connectivity index (χ3n) is 5.77. The average Bonchev–Trinajstić information content (AvgIpc) is 3.42. The number of nitrogens with zero attached hydrogens (tertiary/aromatic N) is 4. The minimum Gasteiger partial charge on any atom is -0.336 e. The minimum absolute atomic E-state index is 0.0530. The van der Waals surface area contributed by atoms with E-state index in [1.54, 1.807) is 47.3 Å². The predicted octanol–water partition coefficient (Wildman–Crippen LogP) is 4.05. The van der Waals surface area contributed by atoms with Crippen LogP contribution >= 0.6 is 11.6 Å². The van der Waals surface area contributed by atoms with Gasteiger partial charge in [-0.1, -0.05) is 16.8 Å². The molecule has 1 aliphatic rings. The van der Waals surface area contributed by atoms with Crippen molar-refractivity contribution in [3.63, 3.8) is 0 Å². The van der Waals surface area contributed by atoms with Gasteiger partial charge in [-0.25, -0.2) is 4.68 Å². The molecule has 0 spiro atoms. The molecule has 3 heterocycles. The topological polar surface area (TPSA) is 83.9 Å². The highest BCUT2D eigenvalue weighted by molar-refractivity contribution is 6.31. The largest absolute Gasteiger partial charge is 0.336 e. The number of aromatic nitrogens is 4. The van der Waals surface area contributed by atoms with Gasteiger partial charge in [-0.2, -0.15) is 0 Å². The number of pyridine rings is 1. The van der Waals surface area contributed by atoms with E-state index in [1.165, 1.54) is 0 Å². The average molecular weight is 434 g/mol. The van der Waals surface area contributed by atoms with Crippen LogP contribution in [0.2, 0.25) is 5.02 Å². The van der Waals surface area contributed by atoms with Crippen LogP contribution in [0, 0.1) is 0 Å². The molecule has 1 atom stereocenters. The van der Waals surface area contributed by atoms with Crippen molar-refractivity contribution < 1.29 is 4.79 Å². The van der Waals surface area contributed by atoms with Gasteiger partial charge in [-0.05, 0) is 68.3 Å². The summed E-state index contributed by atoms with van der Waals surface area (Å²) in [7, 11) is 0. The Hall–Kier alpha value is -3.45. The van der Waals surface area contributed by atoms with Gasteiger partial charge in [0.25, 0.3) is 11.5 Å². The number of H-pyrrole nitrogens is 1. The molecule has 1 saturated heterocycles. The van der Waals surface area contributed by atoms with Gasteiger partial charge in [0.15, 0.2) is 0 Å². The Kier molecular flexibility index (Phi) is 4.82. The maximum absolute atomic E-state index is 12.7. The summed E-state index contributed by atoms with van der Waals surface area (Å²) in [4.78, 5) is 30.0. The van der Waals surface area contributed by atoms with E-state index in [4.69, 9.17) is 11.6 Å². The standard InChI is InChI=1S/C23H20ClN5O2/c1-14-3-2-10-28(14)23(31)15-4-7-18(8-5-15)29-13-21(26-27-29)19-12-16-11-17(24)6-9-20(16)25-22(19)30/h4-9,11-14H,2-3,10H2,1H3,(H,25,30). The molecule has 0 bridgehead atoms. The monoisotopic (exact) mass is 433 g/mol. The summed E-state index contributed by atoms with van der Waals surface area (Å²) in [6.45, 7) is 2.89. The number of hydrogen-bond acceptors (Lipinski definition) is 4. The third-order valence-corrected chi connectivity index (χ3v) is 6.00. The molecule has 1 N–H and O–H groups in total. The van der Waals surface area contributed by atoms with Gasteiger partial charge in [0.05, 0.1) is 17.4 Å². The Labute approximate surface area is 183 Å². The molecule has 1 aliphatic heterocycles. The number of likely N-dealkylation sites (tertiary alicyclic amines) is 1. The quantitative estimate of drug-likeness (QED) is 0.528. The number of carbonyl (C=O) groups is 1. The number of carbonyl (C=O) groups excluding carboxylic acids is 1. The van der Waals surface area contributed by atoms with Gasteiger partial charge < -0.3 is 9.88 Å². The van der Waals surface area contributed by atoms with E-state index in [1.807, 2.05) is 17.0 Å². The molecule has 31 heavy (non-hydrogen) atoms. The van der Waals surface area contributed by atoms with Gasteiger partial charge in [-0.3, -0.25) is 9.59 Å². The van der Waals surface area contributed by atoms with Crippen molar-refractivity contribution in [2.45, 2.75) is 25.8 Å². The summed E-state index contributed by atoms with van der Waals surface area (Å²) in [5, 5.41) is 9.73. The van der Waals surface area contributed by atoms with Crippen LogP contribution in [0.15, 0.2) is 59.5 Å². The van der Waals surface area contributed by atoms with Crippen LogP contribution in [0.5, 0.6) is 0 Å². The lowest BCUT2D eigenvalue weighted by Gasteiger charge is -2.21. The summed E-state index contributed by atoms with van der Waals surface area (Å²) in [5.41, 5.74) is 2.73. The molecule has 1 amide bonds. The fourth-order valence-corrected chi connectivity index (χ4v) is 4.22. The number of hydrogen-bond donors (Lipinski definition) is 1. The number of amides is 1. The normalized spacial score (nSPS) is 16.2. The van der Waals surface area contributed by atoms with E-state index in [9.17, 15) is 9.59 Å². The van der Waals surface area contributed by atoms with E-state index < -0.39 is 0 Å². The first kappa shape index (κ1) is 19.5. The summed E-state index contributed by atoms with van der Waals surface area (Å²) in [6.07, 6.45) is 3.79. The van der Waals surface area contributed by atoms with Crippen molar-refractivity contribution in [1.82, 2.24) is 24.9 Å². The predicted molar refractivity (Wildman–Crippen MR) is 120 cm³/mol. The van der Waals surface area contributed by atoms with Crippen molar-refractivity contribution >= 4 is 28.4 Å². The Bertz CT molecular complexity index is 1340. The number of benzene rings is 2. The highest BCUT2D eigenvalue weighted by Crippen LogP contribution is 2.23. The Morgan fingerprint density at radius 2 is 1.97 bits per heavy atom. The first-order valence-electron chi connectivity index (χ1n) is 10.2. The number of halogens is 1. The van der Waals surface area contributed by atoms with E-state index in [0.717, 1.165) is 30.5 Å². The van der Waals surface area contributed by atoms with Gasteiger partial charge in [-0.15, -0.1) is 5.10 Å². The van der Waals surface area contributed by atoms with Crippen LogP contribution in [-0.4, -0.2) is 43.4 Å². The zero-order valence-electron chi connectivity index (χ0n) is 16.9. The van der Waals surface area contributed by atoms with E-state index in [2.05, 4.69) is 22.2 Å². The lowest BCUT2D eigenvalue weighted by molar-refractivity contribution is 0.0747. The highest BCUT2D eigenvalue weighted by Gasteiger charge is 2.25. The molecule has 0 radical (unpaired) electrons. The smallest absolute Gasteiger partial charge is 0.258 e. The third kappa shape index (κ3) is 3.61. The van der Waals surface area contributed by atoms with Crippen molar-refractivity contribution in [3.05, 3.63) is 75.7 Å². The van der Waals surface area contributed by atoms with Crippen molar-refractivity contribution in [2.75, 3.05) is 6.54 Å². The minimum atomic E-state index is -0.248. The number of aromatic amines is 1. The Morgan fingerprint density at radius 1 is 1.16 bits per heavy atom. The van der Waals surface area contributed by atoms with Crippen molar-refractivity contribution in [2.24, 2.45) is 0 Å². The zero-order chi connectivity index (χ0) is 21.5. The molecular weight excluding hydrogens is 414 g/mol. The van der Waals surface area contributed by atoms with Crippen LogP contribution in [0.1, 0.15) is 30.1 Å². The number of fused-ring (bicyclic) bond motifs is 1. The second kappa shape index (κ2) is 7.67. The SMILES string of the molecule is CC1CCCN1C(=O)c1ccc(-n2cc(-c3cc4cc(Cl)ccc4[nH]c3=O)nn2)cc1. The second-order valence-corrected chi connectivity index (χ2v) is 8.27. The molecule has 4 aromatic rings. The molecule has 7 nitrogen and oxygen atoms in total. The van der Waals surface area contributed by atoms with Crippen molar-refractivity contribution in [1.29, 1.82) is 0 Å². The van der Waals surface area contributed by atoms with Gasteiger partial charge in [0.1, 0.15) is 5.69 Å². The molecule has 0 saturated carbocycles. The van der Waals surface area contributed by atoms with E-state index in [0.29, 0.717) is 27.4 Å². The number of nitrogens with one attached hydrogen (secondary N) is 1. The first-order chi connectivity index (χ1) is 15.0. The molecule has 156 valence electrons. The van der Waals surface area contributed by atoms with Gasteiger partial charge >= 0.3 is 0 Å². The van der Waals surface area contributed by atoms with Crippen molar-refractivity contribution in [3.8, 4) is 16.9 Å². The van der Waals surface area contributed by atoms with E-state index >= 15 is 0 Å². The van der Waals surface area contributed by atoms with Crippen LogP contribution in [0.25, 0.3) is 27.8 Å². The molecule has 5 rings (SSSR count). The molecule has 2 aromatic carbocycles. The van der Waals surface area contributed by atoms with Crippen LogP contribution in [-0.2, 0) is 0 Å². The summed E-state index contributed by atoms with van der Waals surface area (Å²) < 4.78 is 1.59. The number of rotatable bonds is 3. The molecule has 8 heteroatoms. The maximum Gasteiger partial charge on any atom is 0.258 e. The Balaban J connectivity index is 1.43. The fourth-order valence-electron chi connectivity index (χ4n) is 4.04. The van der Waals surface area contributed by atoms with Gasteiger partial charge in [0, 0.05) is 34.1 Å². The molecule has 1 fully saturated rings. The molecule has 0 aliphatic carbocycles. The second-order valence-electron chi connectivity index (χ2n) is 7.83. The summed E-state index contributed by atoms with van der Waals surface area (Å²) in [5.74, 6) is 0.0530.